The summed E-state index contributed by atoms with van der Waals surface area (Å²) in [6, 6.07) is 12.8. The number of carbonyl (C=O) groups excluding carboxylic acids is 1. The van der Waals surface area contributed by atoms with Crippen molar-refractivity contribution in [2.75, 3.05) is 23.1 Å². The van der Waals surface area contributed by atoms with Crippen molar-refractivity contribution < 1.29 is 26.0 Å². The standard InChI is InChI=1S/C25H28FN5O5S2/c1-17-15-18(2)28-25(27-17)30-38(35,36)23-9-7-22(8-10-23)29-24(32)20-11-13-31(14-12-20)37(33,34)16-19-3-5-21(26)6-4-19/h3-10,15,20H,11-14,16H2,1-2H3,(H,29,32)(H,27,28,30). The highest BCUT2D eigenvalue weighted by molar-refractivity contribution is 7.92. The molecule has 4 rings (SSSR count). The summed E-state index contributed by atoms with van der Waals surface area (Å²) in [5.41, 5.74) is 2.17. The molecule has 0 radical (unpaired) electrons. The number of amides is 1. The Morgan fingerprint density at radius 2 is 1.53 bits per heavy atom. The van der Waals surface area contributed by atoms with Gasteiger partial charge < -0.3 is 5.32 Å². The van der Waals surface area contributed by atoms with E-state index in [1.165, 1.54) is 52.8 Å². The molecule has 2 heterocycles. The van der Waals surface area contributed by atoms with E-state index in [1.807, 2.05) is 0 Å². The molecule has 1 amide bonds. The molecule has 10 nitrogen and oxygen atoms in total. The van der Waals surface area contributed by atoms with Crippen molar-refractivity contribution in [3.05, 3.63) is 77.4 Å². The van der Waals surface area contributed by atoms with Crippen LogP contribution in [-0.2, 0) is 30.6 Å². The van der Waals surface area contributed by atoms with E-state index in [9.17, 15) is 26.0 Å². The lowest BCUT2D eigenvalue weighted by atomic mass is 9.97. The second kappa shape index (κ2) is 11.1. The molecule has 0 saturated carbocycles. The van der Waals surface area contributed by atoms with E-state index >= 15 is 0 Å². The van der Waals surface area contributed by atoms with Crippen molar-refractivity contribution in [2.45, 2.75) is 37.3 Å². The Balaban J connectivity index is 1.32. The number of halogens is 1. The zero-order chi connectivity index (χ0) is 27.5. The Kier molecular flexibility index (Phi) is 8.09. The first-order valence-corrected chi connectivity index (χ1v) is 15.0. The molecule has 2 aromatic carbocycles. The average Bonchev–Trinajstić information content (AvgIpc) is 2.85. The third kappa shape index (κ3) is 6.91. The molecule has 3 aromatic rings. The van der Waals surface area contributed by atoms with Crippen LogP contribution in [0.25, 0.3) is 0 Å². The molecule has 1 aromatic heterocycles. The topological polar surface area (TPSA) is 138 Å². The normalized spacial score (nSPS) is 15.2. The Morgan fingerprint density at radius 3 is 2.11 bits per heavy atom. The van der Waals surface area contributed by atoms with Crippen molar-refractivity contribution in [1.29, 1.82) is 0 Å². The summed E-state index contributed by atoms with van der Waals surface area (Å²) in [6.45, 7) is 3.87. The van der Waals surface area contributed by atoms with Crippen molar-refractivity contribution in [2.24, 2.45) is 5.92 Å². The third-order valence-electron chi connectivity index (χ3n) is 6.12. The molecule has 0 unspecified atom stereocenters. The van der Waals surface area contributed by atoms with Crippen molar-refractivity contribution in [3.63, 3.8) is 0 Å². The van der Waals surface area contributed by atoms with Gasteiger partial charge in [-0.25, -0.2) is 40.2 Å². The Labute approximate surface area is 221 Å². The number of hydrogen-bond acceptors (Lipinski definition) is 7. The quantitative estimate of drug-likeness (QED) is 0.431. The second-order valence-electron chi connectivity index (χ2n) is 9.15. The fourth-order valence-electron chi connectivity index (χ4n) is 4.19. The van der Waals surface area contributed by atoms with Crippen molar-refractivity contribution in [3.8, 4) is 0 Å². The number of aryl methyl sites for hydroxylation is 2. The van der Waals surface area contributed by atoms with Crippen molar-refractivity contribution in [1.82, 2.24) is 14.3 Å². The molecule has 1 saturated heterocycles. The lowest BCUT2D eigenvalue weighted by molar-refractivity contribution is -0.120. The molecule has 0 bridgehead atoms. The first-order chi connectivity index (χ1) is 17.9. The minimum atomic E-state index is -3.93. The number of aromatic nitrogens is 2. The number of hydrogen-bond donors (Lipinski definition) is 2. The number of anilines is 2. The van der Waals surface area contributed by atoms with Gasteiger partial charge in [-0.2, -0.15) is 0 Å². The second-order valence-corrected chi connectivity index (χ2v) is 12.8. The van der Waals surface area contributed by atoms with E-state index in [0.29, 0.717) is 35.5 Å². The maximum absolute atomic E-state index is 13.1. The Hall–Kier alpha value is -3.42. The molecule has 1 fully saturated rings. The van der Waals surface area contributed by atoms with Crippen LogP contribution in [-0.4, -0.2) is 50.1 Å². The molecular weight excluding hydrogens is 533 g/mol. The van der Waals surface area contributed by atoms with Crippen LogP contribution in [0.4, 0.5) is 16.0 Å². The van der Waals surface area contributed by atoms with E-state index in [2.05, 4.69) is 20.0 Å². The van der Waals surface area contributed by atoms with Gasteiger partial charge in [-0.05, 0) is 74.7 Å². The highest BCUT2D eigenvalue weighted by atomic mass is 32.2. The molecule has 1 aliphatic heterocycles. The SMILES string of the molecule is Cc1cc(C)nc(NS(=O)(=O)c2ccc(NC(=O)C3CCN(S(=O)(=O)Cc4ccc(F)cc4)CC3)cc2)n1. The summed E-state index contributed by atoms with van der Waals surface area (Å²) in [6.07, 6.45) is 0.696. The predicted molar refractivity (Wildman–Crippen MR) is 141 cm³/mol. The van der Waals surface area contributed by atoms with E-state index in [1.54, 1.807) is 19.9 Å². The largest absolute Gasteiger partial charge is 0.326 e. The van der Waals surface area contributed by atoms with E-state index in [-0.39, 0.29) is 41.5 Å². The fraction of sp³-hybridized carbons (Fsp3) is 0.320. The summed E-state index contributed by atoms with van der Waals surface area (Å²) in [4.78, 5) is 20.9. The molecule has 13 heteroatoms. The lowest BCUT2D eigenvalue weighted by Gasteiger charge is -2.30. The van der Waals surface area contributed by atoms with Gasteiger partial charge in [-0.15, -0.1) is 0 Å². The Morgan fingerprint density at radius 1 is 0.947 bits per heavy atom. The van der Waals surface area contributed by atoms with Gasteiger partial charge in [0.2, 0.25) is 21.9 Å². The number of sulfonamides is 2. The predicted octanol–water partition coefficient (Wildman–Crippen LogP) is 3.21. The summed E-state index contributed by atoms with van der Waals surface area (Å²) < 4.78 is 67.7. The van der Waals surface area contributed by atoms with Gasteiger partial charge in [0.15, 0.2) is 0 Å². The van der Waals surface area contributed by atoms with Gasteiger partial charge in [-0.1, -0.05) is 12.1 Å². The summed E-state index contributed by atoms with van der Waals surface area (Å²) in [5, 5.41) is 2.77. The van der Waals surface area contributed by atoms with E-state index < -0.39 is 25.9 Å². The number of rotatable bonds is 8. The molecule has 2 N–H and O–H groups in total. The van der Waals surface area contributed by atoms with E-state index in [4.69, 9.17) is 0 Å². The maximum Gasteiger partial charge on any atom is 0.264 e. The molecule has 0 atom stereocenters. The van der Waals surface area contributed by atoms with Crippen LogP contribution in [0.5, 0.6) is 0 Å². The minimum Gasteiger partial charge on any atom is -0.326 e. The van der Waals surface area contributed by atoms with Crippen LogP contribution in [0.1, 0.15) is 29.8 Å². The summed E-state index contributed by atoms with van der Waals surface area (Å²) in [5.74, 6) is -1.34. The van der Waals surface area contributed by atoms with Crippen LogP contribution < -0.4 is 10.0 Å². The number of nitrogens with one attached hydrogen (secondary N) is 2. The van der Waals surface area contributed by atoms with Gasteiger partial charge in [0.1, 0.15) is 5.82 Å². The monoisotopic (exact) mass is 561 g/mol. The van der Waals surface area contributed by atoms with Crippen LogP contribution in [0, 0.1) is 25.6 Å². The molecule has 38 heavy (non-hydrogen) atoms. The maximum atomic E-state index is 13.1. The number of nitrogens with zero attached hydrogens (tertiary/aromatic N) is 3. The van der Waals surface area contributed by atoms with Gasteiger partial charge in [-0.3, -0.25) is 4.79 Å². The zero-order valence-corrected chi connectivity index (χ0v) is 22.5. The van der Waals surface area contributed by atoms with Crippen LogP contribution in [0.15, 0.2) is 59.5 Å². The first kappa shape index (κ1) is 27.6. The van der Waals surface area contributed by atoms with Gasteiger partial charge in [0.25, 0.3) is 10.0 Å². The lowest BCUT2D eigenvalue weighted by Crippen LogP contribution is -2.41. The van der Waals surface area contributed by atoms with Crippen LogP contribution in [0.2, 0.25) is 0 Å². The Bertz CT molecular complexity index is 1500. The first-order valence-electron chi connectivity index (χ1n) is 11.9. The smallest absolute Gasteiger partial charge is 0.264 e. The molecule has 0 aliphatic carbocycles. The minimum absolute atomic E-state index is 0.0158. The third-order valence-corrected chi connectivity index (χ3v) is 9.31. The van der Waals surface area contributed by atoms with Gasteiger partial charge in [0, 0.05) is 36.1 Å². The summed E-state index contributed by atoms with van der Waals surface area (Å²) >= 11 is 0. The van der Waals surface area contributed by atoms with Crippen LogP contribution >= 0.6 is 0 Å². The van der Waals surface area contributed by atoms with Crippen LogP contribution in [0.3, 0.4) is 0 Å². The number of benzene rings is 2. The number of piperidine rings is 1. The molecule has 202 valence electrons. The van der Waals surface area contributed by atoms with Crippen molar-refractivity contribution >= 4 is 37.6 Å². The number of carbonyl (C=O) groups is 1. The fourth-order valence-corrected chi connectivity index (χ4v) is 6.70. The zero-order valence-electron chi connectivity index (χ0n) is 20.9. The highest BCUT2D eigenvalue weighted by Crippen LogP contribution is 2.24. The molecule has 0 spiro atoms. The molecule has 1 aliphatic rings. The molecular formula is C25H28FN5O5S2. The summed E-state index contributed by atoms with van der Waals surface area (Å²) in [7, 11) is -7.52. The van der Waals surface area contributed by atoms with Gasteiger partial charge >= 0.3 is 0 Å². The van der Waals surface area contributed by atoms with Gasteiger partial charge in [0.05, 0.1) is 10.6 Å². The van der Waals surface area contributed by atoms with E-state index in [0.717, 1.165) is 0 Å². The highest BCUT2D eigenvalue weighted by Gasteiger charge is 2.31. The average molecular weight is 562 g/mol.